The number of fused-ring (bicyclic) bond motifs is 5. The first kappa shape index (κ1) is 18.4. The summed E-state index contributed by atoms with van der Waals surface area (Å²) < 4.78 is 6.52. The quantitative estimate of drug-likeness (QED) is 0.658. The Morgan fingerprint density at radius 2 is 1.86 bits per heavy atom. The van der Waals surface area contributed by atoms with Crippen molar-refractivity contribution < 1.29 is 9.53 Å². The van der Waals surface area contributed by atoms with Crippen molar-refractivity contribution in [1.82, 2.24) is 0 Å². The van der Waals surface area contributed by atoms with Gasteiger partial charge < -0.3 is 4.74 Å². The Balaban J connectivity index is 1.35. The lowest BCUT2D eigenvalue weighted by atomic mass is 9.48. The molecule has 0 spiro atoms. The predicted molar refractivity (Wildman–Crippen MR) is 112 cm³/mol. The summed E-state index contributed by atoms with van der Waals surface area (Å²) in [5.41, 5.74) is 3.07. The molecule has 1 aromatic carbocycles. The van der Waals surface area contributed by atoms with Gasteiger partial charge in [-0.25, -0.2) is 0 Å². The second kappa shape index (κ2) is 6.69. The first-order chi connectivity index (χ1) is 13.5. The predicted octanol–water partition coefficient (Wildman–Crippen LogP) is 5.88. The van der Waals surface area contributed by atoms with Crippen LogP contribution < -0.4 is 0 Å². The van der Waals surface area contributed by atoms with Crippen molar-refractivity contribution in [3.63, 3.8) is 0 Å². The topological polar surface area (TPSA) is 26.3 Å². The first-order valence-electron chi connectivity index (χ1n) is 11.1. The van der Waals surface area contributed by atoms with Gasteiger partial charge in [0, 0.05) is 5.41 Å². The lowest BCUT2D eigenvalue weighted by molar-refractivity contribution is -0.111. The van der Waals surface area contributed by atoms with Crippen LogP contribution in [0.3, 0.4) is 0 Å². The summed E-state index contributed by atoms with van der Waals surface area (Å²) in [7, 11) is 0. The zero-order valence-corrected chi connectivity index (χ0v) is 17.2. The van der Waals surface area contributed by atoms with E-state index in [1.165, 1.54) is 43.2 Å². The molecule has 148 valence electrons. The smallest absolute Gasteiger partial charge is 0.178 e. The molecule has 1 aromatic rings. The SMILES string of the molecule is C[C@]12CC[C@@H]3[C@H](CCC4=CC(=O)C=C[C@@]43C)[C@@H]1CC[C@@H]2OCc1ccccc1. The second-order valence-corrected chi connectivity index (χ2v) is 10.0. The standard InChI is InChI=1S/C26H32O2/c1-25-14-12-20(27)16-19(25)8-9-21-22-10-11-24(26(22,2)15-13-23(21)25)28-17-18-6-4-3-5-7-18/h3-7,12,14,16,21-24H,8-11,13,15,17H2,1-2H3/t21-,22+,23-,24+,25+,26+/m1/s1. The van der Waals surface area contributed by atoms with Crippen LogP contribution >= 0.6 is 0 Å². The van der Waals surface area contributed by atoms with Gasteiger partial charge in [-0.15, -0.1) is 0 Å². The molecule has 3 saturated carbocycles. The molecule has 0 aliphatic heterocycles. The van der Waals surface area contributed by atoms with Crippen LogP contribution in [0.15, 0.2) is 54.1 Å². The molecule has 4 aliphatic carbocycles. The molecule has 2 nitrogen and oxygen atoms in total. The summed E-state index contributed by atoms with van der Waals surface area (Å²) in [6.45, 7) is 5.63. The van der Waals surface area contributed by atoms with E-state index >= 15 is 0 Å². The van der Waals surface area contributed by atoms with Crippen LogP contribution in [0.25, 0.3) is 0 Å². The highest BCUT2D eigenvalue weighted by atomic mass is 16.5. The number of carbonyl (C=O) groups is 1. The maximum absolute atomic E-state index is 11.9. The number of hydrogen-bond donors (Lipinski definition) is 0. The van der Waals surface area contributed by atoms with E-state index in [-0.39, 0.29) is 11.2 Å². The summed E-state index contributed by atoms with van der Waals surface area (Å²) in [5.74, 6) is 2.39. The summed E-state index contributed by atoms with van der Waals surface area (Å²) in [6, 6.07) is 10.6. The third-order valence-corrected chi connectivity index (χ3v) is 8.76. The number of ketones is 1. The highest BCUT2D eigenvalue weighted by molar-refractivity contribution is 6.01. The van der Waals surface area contributed by atoms with Crippen LogP contribution in [0.5, 0.6) is 0 Å². The van der Waals surface area contributed by atoms with Crippen LogP contribution in [0, 0.1) is 28.6 Å². The maximum atomic E-state index is 11.9. The minimum absolute atomic E-state index is 0.0984. The van der Waals surface area contributed by atoms with Gasteiger partial charge in [0.15, 0.2) is 5.78 Å². The number of carbonyl (C=O) groups excluding carboxylic acids is 1. The van der Waals surface area contributed by atoms with Gasteiger partial charge >= 0.3 is 0 Å². The van der Waals surface area contributed by atoms with Gasteiger partial charge in [0.2, 0.25) is 0 Å². The fraction of sp³-hybridized carbons (Fsp3) is 0.577. The summed E-state index contributed by atoms with van der Waals surface area (Å²) in [4.78, 5) is 11.9. The van der Waals surface area contributed by atoms with Crippen molar-refractivity contribution in [2.45, 2.75) is 65.1 Å². The molecule has 0 aromatic heterocycles. The van der Waals surface area contributed by atoms with Gasteiger partial charge in [0.05, 0.1) is 12.7 Å². The molecule has 4 aliphatic rings. The number of rotatable bonds is 3. The molecular formula is C26H32O2. The third-order valence-electron chi connectivity index (χ3n) is 8.76. The van der Waals surface area contributed by atoms with Crippen LogP contribution in [0.1, 0.15) is 57.9 Å². The highest BCUT2D eigenvalue weighted by Crippen LogP contribution is 2.64. The first-order valence-corrected chi connectivity index (χ1v) is 11.1. The van der Waals surface area contributed by atoms with E-state index < -0.39 is 0 Å². The zero-order valence-electron chi connectivity index (χ0n) is 17.2. The Hall–Kier alpha value is -1.67. The van der Waals surface area contributed by atoms with Crippen molar-refractivity contribution in [2.24, 2.45) is 28.6 Å². The van der Waals surface area contributed by atoms with E-state index in [1.807, 2.05) is 12.2 Å². The zero-order chi connectivity index (χ0) is 19.4. The molecule has 0 amide bonds. The summed E-state index contributed by atoms with van der Waals surface area (Å²) >= 11 is 0. The Morgan fingerprint density at radius 3 is 2.68 bits per heavy atom. The number of allylic oxidation sites excluding steroid dienone is 4. The van der Waals surface area contributed by atoms with E-state index in [0.29, 0.717) is 17.4 Å². The van der Waals surface area contributed by atoms with E-state index in [9.17, 15) is 4.79 Å². The van der Waals surface area contributed by atoms with E-state index in [1.54, 1.807) is 0 Å². The van der Waals surface area contributed by atoms with E-state index in [4.69, 9.17) is 4.74 Å². The molecular weight excluding hydrogens is 344 g/mol. The normalized spacial score (nSPS) is 41.8. The molecule has 3 fully saturated rings. The van der Waals surface area contributed by atoms with Crippen molar-refractivity contribution in [2.75, 3.05) is 0 Å². The van der Waals surface area contributed by atoms with Crippen molar-refractivity contribution in [1.29, 1.82) is 0 Å². The fourth-order valence-corrected chi connectivity index (χ4v) is 7.19. The molecule has 0 bridgehead atoms. The molecule has 0 N–H and O–H groups in total. The molecule has 2 heteroatoms. The van der Waals surface area contributed by atoms with Gasteiger partial charge in [0.25, 0.3) is 0 Å². The number of hydrogen-bond acceptors (Lipinski definition) is 2. The average Bonchev–Trinajstić information content (AvgIpc) is 3.04. The van der Waals surface area contributed by atoms with E-state index in [0.717, 1.165) is 24.9 Å². The van der Waals surface area contributed by atoms with Crippen molar-refractivity contribution in [3.05, 3.63) is 59.7 Å². The Morgan fingerprint density at radius 1 is 1.04 bits per heavy atom. The van der Waals surface area contributed by atoms with Gasteiger partial charge in [-0.05, 0) is 79.4 Å². The molecule has 28 heavy (non-hydrogen) atoms. The molecule has 0 unspecified atom stereocenters. The minimum Gasteiger partial charge on any atom is -0.373 e. The van der Waals surface area contributed by atoms with Gasteiger partial charge in [0.1, 0.15) is 0 Å². The monoisotopic (exact) mass is 376 g/mol. The Kier molecular flexibility index (Phi) is 4.39. The second-order valence-electron chi connectivity index (χ2n) is 10.0. The third kappa shape index (κ3) is 2.76. The van der Waals surface area contributed by atoms with Gasteiger partial charge in [-0.1, -0.05) is 55.8 Å². The van der Waals surface area contributed by atoms with Crippen LogP contribution in [0.2, 0.25) is 0 Å². The summed E-state index contributed by atoms with van der Waals surface area (Å²) in [5, 5.41) is 0. The van der Waals surface area contributed by atoms with Crippen LogP contribution in [-0.2, 0) is 16.1 Å². The van der Waals surface area contributed by atoms with Crippen molar-refractivity contribution >= 4 is 5.78 Å². The van der Waals surface area contributed by atoms with Crippen LogP contribution in [0.4, 0.5) is 0 Å². The van der Waals surface area contributed by atoms with Crippen molar-refractivity contribution in [3.8, 4) is 0 Å². The number of ether oxygens (including phenoxy) is 1. The largest absolute Gasteiger partial charge is 0.373 e. The molecule has 0 radical (unpaired) electrons. The lowest BCUT2D eigenvalue weighted by Crippen LogP contribution is -2.50. The molecule has 0 saturated heterocycles. The molecule has 0 heterocycles. The Bertz CT molecular complexity index is 822. The van der Waals surface area contributed by atoms with Gasteiger partial charge in [-0.3, -0.25) is 4.79 Å². The average molecular weight is 377 g/mol. The number of benzene rings is 1. The lowest BCUT2D eigenvalue weighted by Gasteiger charge is -2.56. The summed E-state index contributed by atoms with van der Waals surface area (Å²) in [6.07, 6.45) is 13.7. The van der Waals surface area contributed by atoms with E-state index in [2.05, 4.69) is 50.3 Å². The Labute approximate surface area is 169 Å². The highest BCUT2D eigenvalue weighted by Gasteiger charge is 2.58. The molecule has 6 atom stereocenters. The van der Waals surface area contributed by atoms with Gasteiger partial charge in [-0.2, -0.15) is 0 Å². The van der Waals surface area contributed by atoms with Crippen LogP contribution in [-0.4, -0.2) is 11.9 Å². The fourth-order valence-electron chi connectivity index (χ4n) is 7.19. The minimum atomic E-state index is 0.0984. The maximum Gasteiger partial charge on any atom is 0.178 e. The molecule has 5 rings (SSSR count).